The van der Waals surface area contributed by atoms with Crippen molar-refractivity contribution in [3.05, 3.63) is 35.4 Å². The molecule has 2 N–H and O–H groups in total. The molecule has 28 heavy (non-hydrogen) atoms. The molecule has 0 unspecified atom stereocenters. The third-order valence-corrected chi connectivity index (χ3v) is 6.56. The van der Waals surface area contributed by atoms with Crippen molar-refractivity contribution in [3.8, 4) is 0 Å². The Bertz CT molecular complexity index is 677. The van der Waals surface area contributed by atoms with E-state index in [-0.39, 0.29) is 30.0 Å². The molecule has 2 fully saturated rings. The van der Waals surface area contributed by atoms with E-state index >= 15 is 0 Å². The molecule has 0 spiro atoms. The van der Waals surface area contributed by atoms with Crippen LogP contribution in [0.15, 0.2) is 24.3 Å². The number of unbranched alkanes of at least 4 members (excludes halogenated alkanes) is 3. The number of ketones is 1. The minimum absolute atomic E-state index is 0.145. The molecular weight excluding hydrogens is 356 g/mol. The lowest BCUT2D eigenvalue weighted by molar-refractivity contribution is -0.140. The highest BCUT2D eigenvalue weighted by Gasteiger charge is 2.42. The lowest BCUT2D eigenvalue weighted by Crippen LogP contribution is -2.33. The van der Waals surface area contributed by atoms with Gasteiger partial charge in [0.25, 0.3) is 0 Å². The van der Waals surface area contributed by atoms with Crippen LogP contribution in [0.4, 0.5) is 0 Å². The normalized spacial score (nSPS) is 26.1. The Hall–Kier alpha value is -1.72. The molecule has 5 nitrogen and oxygen atoms in total. The number of ether oxygens (including phenoxy) is 1. The maximum atomic E-state index is 12.4. The van der Waals surface area contributed by atoms with Gasteiger partial charge in [0.15, 0.2) is 0 Å². The maximum absolute atomic E-state index is 12.4. The van der Waals surface area contributed by atoms with Gasteiger partial charge in [-0.3, -0.25) is 9.59 Å². The van der Waals surface area contributed by atoms with Crippen LogP contribution in [-0.2, 0) is 19.9 Å². The molecule has 0 radical (unpaired) electrons. The number of Topliss-reactive ketones (excluding diaryl/α,β-unsaturated/α-hetero) is 1. The second-order valence-electron chi connectivity index (χ2n) is 8.41. The third-order valence-electron chi connectivity index (χ3n) is 6.56. The van der Waals surface area contributed by atoms with Gasteiger partial charge in [-0.15, -0.1) is 0 Å². The largest absolute Gasteiger partial charge is 0.469 e. The molecule has 5 heteroatoms. The average Bonchev–Trinajstić information content (AvgIpc) is 2.95. The number of aliphatic hydroxyl groups excluding tert-OH is 1. The molecule has 0 aromatic heterocycles. The smallest absolute Gasteiger partial charge is 0.305 e. The van der Waals surface area contributed by atoms with Crippen LogP contribution in [0.1, 0.15) is 81.3 Å². The first-order valence-corrected chi connectivity index (χ1v) is 10.5. The van der Waals surface area contributed by atoms with Gasteiger partial charge < -0.3 is 14.9 Å². The summed E-state index contributed by atoms with van der Waals surface area (Å²) in [5.41, 5.74) is 1.23. The van der Waals surface area contributed by atoms with Gasteiger partial charge in [-0.1, -0.05) is 43.5 Å². The first-order chi connectivity index (χ1) is 13.4. The minimum atomic E-state index is -0.688. The molecule has 0 saturated heterocycles. The SMILES string of the molecule is COC(=O)CCCCCC[C@H]1C(=O)C[C@@H](O)[C@@H]1c1ccc(C2(O)CCC2)cc1. The Morgan fingerprint density at radius 1 is 1.14 bits per heavy atom. The van der Waals surface area contributed by atoms with E-state index in [4.69, 9.17) is 0 Å². The molecule has 0 aliphatic heterocycles. The van der Waals surface area contributed by atoms with Crippen molar-refractivity contribution in [2.24, 2.45) is 5.92 Å². The molecule has 2 aliphatic carbocycles. The van der Waals surface area contributed by atoms with E-state index < -0.39 is 11.7 Å². The van der Waals surface area contributed by atoms with Crippen molar-refractivity contribution < 1.29 is 24.5 Å². The predicted molar refractivity (Wildman–Crippen MR) is 106 cm³/mol. The van der Waals surface area contributed by atoms with Gasteiger partial charge in [0, 0.05) is 24.7 Å². The highest BCUT2D eigenvalue weighted by atomic mass is 16.5. The molecule has 3 atom stereocenters. The highest BCUT2D eigenvalue weighted by molar-refractivity contribution is 5.85. The number of hydrogen-bond donors (Lipinski definition) is 2. The molecular formula is C23H32O5. The minimum Gasteiger partial charge on any atom is -0.469 e. The first kappa shape index (κ1) is 21.0. The molecule has 0 heterocycles. The van der Waals surface area contributed by atoms with Crippen molar-refractivity contribution in [1.82, 2.24) is 0 Å². The summed E-state index contributed by atoms with van der Waals surface area (Å²) >= 11 is 0. The molecule has 3 rings (SSSR count). The number of benzene rings is 1. The van der Waals surface area contributed by atoms with Crippen LogP contribution >= 0.6 is 0 Å². The van der Waals surface area contributed by atoms with Crippen molar-refractivity contribution in [2.45, 2.75) is 81.8 Å². The zero-order valence-corrected chi connectivity index (χ0v) is 16.7. The Morgan fingerprint density at radius 2 is 1.82 bits per heavy atom. The number of carbonyl (C=O) groups excluding carboxylic acids is 2. The topological polar surface area (TPSA) is 83.8 Å². The number of hydrogen-bond acceptors (Lipinski definition) is 5. The molecule has 2 saturated carbocycles. The molecule has 0 amide bonds. The molecule has 1 aromatic rings. The Morgan fingerprint density at radius 3 is 2.43 bits per heavy atom. The van der Waals surface area contributed by atoms with Crippen LogP contribution in [0.5, 0.6) is 0 Å². The fourth-order valence-electron chi connectivity index (χ4n) is 4.65. The second kappa shape index (κ2) is 9.19. The lowest BCUT2D eigenvalue weighted by atomic mass is 9.74. The summed E-state index contributed by atoms with van der Waals surface area (Å²) in [6.45, 7) is 0. The summed E-state index contributed by atoms with van der Waals surface area (Å²) < 4.78 is 4.64. The van der Waals surface area contributed by atoms with Crippen molar-refractivity contribution in [2.75, 3.05) is 7.11 Å². The van der Waals surface area contributed by atoms with E-state index in [2.05, 4.69) is 4.74 Å². The average molecular weight is 389 g/mol. The van der Waals surface area contributed by atoms with Crippen molar-refractivity contribution >= 4 is 11.8 Å². The van der Waals surface area contributed by atoms with Crippen LogP contribution in [0.2, 0.25) is 0 Å². The van der Waals surface area contributed by atoms with Gasteiger partial charge in [-0.05, 0) is 43.2 Å². The number of carbonyl (C=O) groups is 2. The van der Waals surface area contributed by atoms with E-state index in [0.29, 0.717) is 6.42 Å². The number of esters is 1. The standard InChI is InChI=1S/C23H32O5/c1-28-21(26)8-5-3-2-4-7-18-19(24)15-20(25)22(18)16-9-11-17(12-10-16)23(27)13-6-14-23/h9-12,18,20,22,25,27H,2-8,13-15H2,1H3/t18-,20+,22+/m0/s1. The van der Waals surface area contributed by atoms with E-state index in [1.807, 2.05) is 24.3 Å². The Kier molecular flexibility index (Phi) is 6.89. The second-order valence-corrected chi connectivity index (χ2v) is 8.41. The van der Waals surface area contributed by atoms with Gasteiger partial charge in [0.2, 0.25) is 0 Å². The van der Waals surface area contributed by atoms with E-state index in [1.165, 1.54) is 7.11 Å². The Balaban J connectivity index is 1.55. The fraction of sp³-hybridized carbons (Fsp3) is 0.652. The summed E-state index contributed by atoms with van der Waals surface area (Å²) in [4.78, 5) is 23.6. The van der Waals surface area contributed by atoms with Gasteiger partial charge in [0.1, 0.15) is 5.78 Å². The van der Waals surface area contributed by atoms with Gasteiger partial charge in [-0.2, -0.15) is 0 Å². The molecule has 2 aliphatic rings. The summed E-state index contributed by atoms with van der Waals surface area (Å²) in [6, 6.07) is 7.85. The van der Waals surface area contributed by atoms with Crippen LogP contribution in [0.3, 0.4) is 0 Å². The molecule has 1 aromatic carbocycles. The van der Waals surface area contributed by atoms with E-state index in [1.54, 1.807) is 0 Å². The van der Waals surface area contributed by atoms with Gasteiger partial charge >= 0.3 is 5.97 Å². The monoisotopic (exact) mass is 388 g/mol. The summed E-state index contributed by atoms with van der Waals surface area (Å²) in [5.74, 6) is -0.334. The Labute approximate surface area is 167 Å². The summed E-state index contributed by atoms with van der Waals surface area (Å²) in [7, 11) is 1.40. The number of aliphatic hydroxyl groups is 2. The van der Waals surface area contributed by atoms with Crippen LogP contribution < -0.4 is 0 Å². The number of methoxy groups -OCH3 is 1. The summed E-state index contributed by atoms with van der Waals surface area (Å²) in [6.07, 6.45) is 7.09. The highest BCUT2D eigenvalue weighted by Crippen LogP contribution is 2.43. The summed E-state index contributed by atoms with van der Waals surface area (Å²) in [5, 5.41) is 21.0. The zero-order valence-electron chi connectivity index (χ0n) is 16.7. The lowest BCUT2D eigenvalue weighted by Gasteiger charge is -2.37. The predicted octanol–water partition coefficient (Wildman–Crippen LogP) is 3.61. The van der Waals surface area contributed by atoms with Crippen molar-refractivity contribution in [1.29, 1.82) is 0 Å². The van der Waals surface area contributed by atoms with E-state index in [9.17, 15) is 19.8 Å². The van der Waals surface area contributed by atoms with Crippen LogP contribution in [-0.4, -0.2) is 35.2 Å². The first-order valence-electron chi connectivity index (χ1n) is 10.5. The van der Waals surface area contributed by atoms with Gasteiger partial charge in [0.05, 0.1) is 18.8 Å². The third kappa shape index (κ3) is 4.64. The van der Waals surface area contributed by atoms with E-state index in [0.717, 1.165) is 62.5 Å². The zero-order chi connectivity index (χ0) is 20.1. The van der Waals surface area contributed by atoms with Crippen molar-refractivity contribution in [3.63, 3.8) is 0 Å². The van der Waals surface area contributed by atoms with Gasteiger partial charge in [-0.25, -0.2) is 0 Å². The molecule has 154 valence electrons. The maximum Gasteiger partial charge on any atom is 0.305 e. The number of rotatable bonds is 9. The fourth-order valence-corrected chi connectivity index (χ4v) is 4.65. The quantitative estimate of drug-likeness (QED) is 0.499. The molecule has 0 bridgehead atoms. The van der Waals surface area contributed by atoms with Crippen LogP contribution in [0, 0.1) is 5.92 Å². The van der Waals surface area contributed by atoms with Crippen LogP contribution in [0.25, 0.3) is 0 Å².